The zero-order chi connectivity index (χ0) is 38.2. The van der Waals surface area contributed by atoms with E-state index in [0.29, 0.717) is 19.3 Å². The summed E-state index contributed by atoms with van der Waals surface area (Å²) in [7, 11) is 0. The number of carboxylic acids is 1. The number of hydrogen-bond acceptors (Lipinski definition) is 12. The molecule has 280 valence electrons. The maximum absolute atomic E-state index is 13.8. The number of aliphatic carboxylic acids is 1. The van der Waals surface area contributed by atoms with E-state index in [4.69, 9.17) is 20.9 Å². The smallest absolute Gasteiger partial charge is 0.353 e. The molecule has 2 aromatic rings. The molecule has 2 aliphatic rings. The van der Waals surface area contributed by atoms with Crippen LogP contribution in [0.5, 0.6) is 0 Å². The molecule has 0 radical (unpaired) electrons. The number of carbonyl (C=O) groups excluding carboxylic acids is 5. The first-order valence-electron chi connectivity index (χ1n) is 17.0. The first kappa shape index (κ1) is 40.0. The third kappa shape index (κ3) is 9.38. The fourth-order valence-corrected chi connectivity index (χ4v) is 9.00. The molecule has 0 bridgehead atoms. The van der Waals surface area contributed by atoms with Crippen molar-refractivity contribution in [3.8, 4) is 0 Å². The first-order chi connectivity index (χ1) is 24.7. The lowest BCUT2D eigenvalue weighted by molar-refractivity contribution is -0.143. The Bertz CT molecular complexity index is 1730. The van der Waals surface area contributed by atoms with Gasteiger partial charge in [-0.25, -0.2) is 4.79 Å². The minimum absolute atomic E-state index is 0.0279. The predicted molar refractivity (Wildman–Crippen MR) is 189 cm³/mol. The highest BCUT2D eigenvalue weighted by atomic mass is 32.2. The number of rotatable bonds is 15. The molecule has 2 heterocycles. The van der Waals surface area contributed by atoms with E-state index in [0.717, 1.165) is 11.8 Å². The van der Waals surface area contributed by atoms with Crippen LogP contribution >= 0.6 is 11.8 Å². The lowest BCUT2D eigenvalue weighted by atomic mass is 9.81. The fraction of sp³-hybridized carbons (Fsp3) is 0.459. The lowest BCUT2D eigenvalue weighted by Crippen LogP contribution is -2.52. The number of nitrogens with zero attached hydrogens (tertiary/aromatic N) is 1. The number of benzene rings is 2. The number of fused-ring (bicyclic) bond motifs is 1. The topological polar surface area (TPSA) is 237 Å². The average molecular weight is 740 g/mol. The fourth-order valence-electron chi connectivity index (χ4n) is 7.01. The molecule has 5 atom stereocenters. The molecule has 2 aromatic carbocycles. The molecule has 0 aliphatic carbocycles. The summed E-state index contributed by atoms with van der Waals surface area (Å²) < 4.78 is 10.6. The Labute approximate surface area is 305 Å². The van der Waals surface area contributed by atoms with Crippen LogP contribution in [0.25, 0.3) is 0 Å². The van der Waals surface area contributed by atoms with Gasteiger partial charge < -0.3 is 41.2 Å². The Morgan fingerprint density at radius 2 is 1.40 bits per heavy atom. The molecule has 52 heavy (non-hydrogen) atoms. The van der Waals surface area contributed by atoms with Crippen molar-refractivity contribution in [1.82, 2.24) is 4.90 Å². The average Bonchev–Trinajstić information content (AvgIpc) is 3.44. The zero-order valence-electron chi connectivity index (χ0n) is 29.1. The second-order valence-electron chi connectivity index (χ2n) is 13.0. The van der Waals surface area contributed by atoms with Gasteiger partial charge in [0.05, 0.1) is 25.4 Å². The highest BCUT2D eigenvalue weighted by Crippen LogP contribution is 2.60. The summed E-state index contributed by atoms with van der Waals surface area (Å²) in [5.74, 6) is -6.24. The number of esters is 2. The number of ketones is 1. The van der Waals surface area contributed by atoms with Gasteiger partial charge in [0, 0.05) is 61.1 Å². The number of carbonyl (C=O) groups is 6. The normalized spacial score (nSPS) is 20.0. The number of primary amides is 2. The molecule has 2 aliphatic heterocycles. The summed E-state index contributed by atoms with van der Waals surface area (Å²) in [4.78, 5) is 75.4. The van der Waals surface area contributed by atoms with E-state index in [1.54, 1.807) is 23.1 Å². The minimum atomic E-state index is -1.50. The van der Waals surface area contributed by atoms with Crippen molar-refractivity contribution in [2.45, 2.75) is 75.9 Å². The molecule has 4 rings (SSSR count). The number of carboxylic acid groups (broad SMARTS) is 1. The van der Waals surface area contributed by atoms with Crippen molar-refractivity contribution >= 4 is 47.3 Å². The number of aliphatic hydroxyl groups is 2. The minimum Gasteiger partial charge on any atom is -0.477 e. The van der Waals surface area contributed by atoms with Crippen LogP contribution in [0, 0.1) is 11.8 Å². The Morgan fingerprint density at radius 3 is 1.94 bits per heavy atom. The molecule has 1 saturated heterocycles. The number of Topliss-reactive ketones (excluding diaryl/α,β-unsaturated/α-hetero) is 1. The van der Waals surface area contributed by atoms with Gasteiger partial charge in [0.2, 0.25) is 11.8 Å². The number of thioether (sulfide) groups is 1. The molecule has 0 saturated carbocycles. The van der Waals surface area contributed by atoms with Gasteiger partial charge in [-0.2, -0.15) is 0 Å². The second kappa shape index (κ2) is 17.7. The third-order valence-electron chi connectivity index (χ3n) is 9.41. The molecule has 2 amide bonds. The van der Waals surface area contributed by atoms with Gasteiger partial charge in [0.25, 0.3) is 0 Å². The monoisotopic (exact) mass is 739 g/mol. The zero-order valence-corrected chi connectivity index (χ0v) is 29.9. The molecular weight excluding hydrogens is 694 g/mol. The van der Waals surface area contributed by atoms with E-state index in [2.05, 4.69) is 0 Å². The first-order valence-corrected chi connectivity index (χ1v) is 17.9. The Kier molecular flexibility index (Phi) is 13.6. The summed E-state index contributed by atoms with van der Waals surface area (Å²) >= 11 is 1.03. The van der Waals surface area contributed by atoms with Crippen LogP contribution in [0.2, 0.25) is 0 Å². The highest BCUT2D eigenvalue weighted by Gasteiger charge is 2.57. The van der Waals surface area contributed by atoms with Crippen molar-refractivity contribution in [1.29, 1.82) is 0 Å². The van der Waals surface area contributed by atoms with Gasteiger partial charge in [0.1, 0.15) is 16.4 Å². The van der Waals surface area contributed by atoms with Crippen molar-refractivity contribution in [3.05, 3.63) is 81.4 Å². The number of ether oxygens (including phenoxy) is 2. The maximum Gasteiger partial charge on any atom is 0.353 e. The van der Waals surface area contributed by atoms with Crippen molar-refractivity contribution < 1.29 is 53.6 Å². The van der Waals surface area contributed by atoms with Crippen molar-refractivity contribution in [2.75, 3.05) is 19.8 Å². The number of amides is 2. The number of nitrogens with two attached hydrogens (primary N) is 2. The summed E-state index contributed by atoms with van der Waals surface area (Å²) in [5.41, 5.74) is 11.6. The van der Waals surface area contributed by atoms with Crippen LogP contribution in [-0.2, 0) is 28.7 Å². The van der Waals surface area contributed by atoms with Gasteiger partial charge in [-0.05, 0) is 61.1 Å². The summed E-state index contributed by atoms with van der Waals surface area (Å²) in [6, 6.07) is 12.0. The van der Waals surface area contributed by atoms with Crippen LogP contribution in [0.1, 0.15) is 103 Å². The molecule has 1 unspecified atom stereocenters. The molecular formula is C37H45N3O11S. The number of hydrogen-bond donors (Lipinski definition) is 5. The molecule has 0 aromatic heterocycles. The Hall–Kier alpha value is -4.73. The van der Waals surface area contributed by atoms with Crippen LogP contribution in [-0.4, -0.2) is 80.4 Å². The summed E-state index contributed by atoms with van der Waals surface area (Å²) in [6.07, 6.45) is -1.28. The summed E-state index contributed by atoms with van der Waals surface area (Å²) in [5, 5.41) is 35.1. The SMILES string of the molecule is CC(=O)OCC[C@H]([C@H](O)c1cccc(C(N)=O)c1)C12CC(=O)CCCCCN1C(C(=O)O)=C([C@H](CCOC(C)=O)[C@H](O)c1cccc(C(N)=O)c1)S2. The van der Waals surface area contributed by atoms with Crippen LogP contribution in [0.15, 0.2) is 59.1 Å². The molecule has 7 N–H and O–H groups in total. The van der Waals surface area contributed by atoms with Crippen LogP contribution in [0.3, 0.4) is 0 Å². The van der Waals surface area contributed by atoms with Gasteiger partial charge >= 0.3 is 17.9 Å². The quantitative estimate of drug-likeness (QED) is 0.165. The third-order valence-corrected chi connectivity index (χ3v) is 11.1. The second-order valence-corrected chi connectivity index (χ2v) is 14.3. The van der Waals surface area contributed by atoms with E-state index in [1.807, 2.05) is 0 Å². The predicted octanol–water partition coefficient (Wildman–Crippen LogP) is 3.36. The van der Waals surface area contributed by atoms with Gasteiger partial charge in [0.15, 0.2) is 0 Å². The summed E-state index contributed by atoms with van der Waals surface area (Å²) in [6.45, 7) is 2.21. The Morgan fingerprint density at radius 1 is 0.846 bits per heavy atom. The van der Waals surface area contributed by atoms with E-state index in [1.165, 1.54) is 44.2 Å². The largest absolute Gasteiger partial charge is 0.477 e. The lowest BCUT2D eigenvalue weighted by Gasteiger charge is -2.47. The maximum atomic E-state index is 13.8. The molecule has 0 spiro atoms. The number of aliphatic hydroxyl groups excluding tert-OH is 2. The molecule has 15 heteroatoms. The van der Waals surface area contributed by atoms with E-state index in [-0.39, 0.29) is 84.1 Å². The van der Waals surface area contributed by atoms with E-state index >= 15 is 0 Å². The highest BCUT2D eigenvalue weighted by molar-refractivity contribution is 8.04. The van der Waals surface area contributed by atoms with Gasteiger partial charge in [-0.1, -0.05) is 42.4 Å². The van der Waals surface area contributed by atoms with E-state index in [9.17, 15) is 44.1 Å². The van der Waals surface area contributed by atoms with Crippen molar-refractivity contribution in [3.63, 3.8) is 0 Å². The van der Waals surface area contributed by atoms with Gasteiger partial charge in [-0.15, -0.1) is 0 Å². The molecule has 1 fully saturated rings. The van der Waals surface area contributed by atoms with Crippen molar-refractivity contribution in [2.24, 2.45) is 23.3 Å². The standard InChI is InChI=1S/C37H45N3O11S/c1-21(41)50-16-13-28(31(44)23-8-6-10-25(18-23)34(38)46)33-30(36(48)49)40-15-5-3-4-12-27(43)20-37(40,52-33)29(14-17-51-22(2)42)32(45)24-9-7-11-26(19-24)35(39)47/h6-11,18-19,28-29,31-32,44-45H,3-5,12-17,20H2,1-2H3,(H2,38,46)(H2,39,47)(H,48,49)/t28-,29-,31-,32-,37?/m1/s1. The van der Waals surface area contributed by atoms with Crippen LogP contribution in [0.4, 0.5) is 0 Å². The van der Waals surface area contributed by atoms with E-state index < -0.39 is 58.6 Å². The molecule has 14 nitrogen and oxygen atoms in total. The van der Waals surface area contributed by atoms with Crippen LogP contribution < -0.4 is 11.5 Å². The Balaban J connectivity index is 1.96. The van der Waals surface area contributed by atoms with Gasteiger partial charge in [-0.3, -0.25) is 24.0 Å².